The maximum Gasteiger partial charge on any atom is 1.00 e. The molecule has 18 N–H and O–H groups in total. The Morgan fingerprint density at radius 2 is 0.533 bits per heavy atom. The van der Waals surface area contributed by atoms with Crippen molar-refractivity contribution in [2.75, 3.05) is 0 Å². The van der Waals surface area contributed by atoms with Crippen LogP contribution in [-0.4, -0.2) is 62.6 Å². The summed E-state index contributed by atoms with van der Waals surface area (Å²) < 4.78 is 25.3. The van der Waals surface area contributed by atoms with Crippen LogP contribution in [0.15, 0.2) is 0 Å². The predicted molar refractivity (Wildman–Crippen MR) is 42.2 cm³/mol. The first-order chi connectivity index (χ1) is 1.73. The van der Waals surface area contributed by atoms with Crippen LogP contribution >= 0.6 is 0 Å². The maximum absolute atomic E-state index is 8.44. The molecule has 0 aromatic heterocycles. The Labute approximate surface area is 132 Å². The van der Waals surface area contributed by atoms with Crippen LogP contribution in [-0.2, 0) is 11.4 Å². The van der Waals surface area contributed by atoms with E-state index in [2.05, 4.69) is 0 Å². The van der Waals surface area contributed by atoms with Gasteiger partial charge in [0.1, 0.15) is 0 Å². The van der Waals surface area contributed by atoms with Gasteiger partial charge in [0.05, 0.1) is 0 Å². The van der Waals surface area contributed by atoms with E-state index in [4.69, 9.17) is 13.3 Å². The van der Waals surface area contributed by atoms with E-state index >= 15 is 0 Å². The molecule has 0 spiro atoms. The van der Waals surface area contributed by atoms with Crippen LogP contribution in [0, 0.1) is 0 Å². The van der Waals surface area contributed by atoms with E-state index in [-0.39, 0.29) is 108 Å². The fourth-order valence-corrected chi connectivity index (χ4v) is 0. The van der Waals surface area contributed by atoms with E-state index < -0.39 is 11.4 Å². The molecule has 0 aliphatic heterocycles. The van der Waals surface area contributed by atoms with E-state index in [9.17, 15) is 0 Å². The maximum atomic E-state index is 8.44. The SMILES string of the molecule is O.O.O.O.O.O.O.O.O.O=S([O-])[O-].[Na+].[Na+]. The van der Waals surface area contributed by atoms with Gasteiger partial charge in [-0.15, -0.1) is 11.4 Å². The molecule has 15 heavy (non-hydrogen) atoms. The van der Waals surface area contributed by atoms with Gasteiger partial charge >= 0.3 is 59.1 Å². The summed E-state index contributed by atoms with van der Waals surface area (Å²) in [6, 6.07) is 0. The smallest absolute Gasteiger partial charge is 0.784 e. The van der Waals surface area contributed by atoms with Crippen LogP contribution in [0.1, 0.15) is 0 Å². The van der Waals surface area contributed by atoms with Crippen LogP contribution in [0.4, 0.5) is 0 Å². The van der Waals surface area contributed by atoms with Gasteiger partial charge in [0.15, 0.2) is 0 Å². The van der Waals surface area contributed by atoms with Crippen LogP contribution in [0.2, 0.25) is 0 Å². The Bertz CT molecular complexity index is 36.6. The fraction of sp³-hybridized carbons (Fsp3) is 0. The van der Waals surface area contributed by atoms with E-state index in [1.807, 2.05) is 0 Å². The number of rotatable bonds is 0. The first kappa shape index (κ1) is 186. The second-order valence-corrected chi connectivity index (χ2v) is 0.612. The third-order valence-corrected chi connectivity index (χ3v) is 0. The Morgan fingerprint density at radius 1 is 0.533 bits per heavy atom. The van der Waals surface area contributed by atoms with Crippen LogP contribution in [0.25, 0.3) is 0 Å². The summed E-state index contributed by atoms with van der Waals surface area (Å²) >= 11 is -3.11. The molecular formula is H18Na2O12S. The minimum absolute atomic E-state index is 0. The van der Waals surface area contributed by atoms with E-state index in [1.54, 1.807) is 0 Å². The Kier molecular flexibility index (Phi) is 1900. The zero-order valence-electron chi connectivity index (χ0n) is 8.13. The van der Waals surface area contributed by atoms with Gasteiger partial charge in [-0.2, -0.15) is 0 Å². The molecule has 0 heterocycles. The topological polar surface area (TPSA) is 347 Å². The predicted octanol–water partition coefficient (Wildman–Crippen LogP) is -14.4. The minimum atomic E-state index is -3.11. The Morgan fingerprint density at radius 3 is 0.533 bits per heavy atom. The minimum Gasteiger partial charge on any atom is -0.784 e. The summed E-state index contributed by atoms with van der Waals surface area (Å²) in [7, 11) is 0. The van der Waals surface area contributed by atoms with Gasteiger partial charge in [0.25, 0.3) is 0 Å². The molecule has 15 heteroatoms. The summed E-state index contributed by atoms with van der Waals surface area (Å²) in [6.07, 6.45) is 0. The molecule has 0 radical (unpaired) electrons. The standard InChI is InChI=1S/2Na.H2O3S.9H2O/c;;1-4(2)3;;;;;;;;;/h;;(H2,1,2,3);9*1H2/q2*+1;;;;;;;;;;/p-2. The molecule has 0 amide bonds. The first-order valence-electron chi connectivity index (χ1n) is 0.500. The van der Waals surface area contributed by atoms with Gasteiger partial charge in [-0.05, 0) is 0 Å². The summed E-state index contributed by atoms with van der Waals surface area (Å²) in [6.45, 7) is 0. The summed E-state index contributed by atoms with van der Waals surface area (Å²) in [4.78, 5) is 0. The van der Waals surface area contributed by atoms with E-state index in [1.165, 1.54) is 0 Å². The summed E-state index contributed by atoms with van der Waals surface area (Å²) in [5.74, 6) is 0. The molecule has 0 aliphatic rings. The van der Waals surface area contributed by atoms with Crippen molar-refractivity contribution in [1.29, 1.82) is 0 Å². The van der Waals surface area contributed by atoms with Gasteiger partial charge < -0.3 is 58.4 Å². The van der Waals surface area contributed by atoms with E-state index in [0.29, 0.717) is 0 Å². The van der Waals surface area contributed by atoms with Crippen LogP contribution < -0.4 is 59.1 Å². The van der Waals surface area contributed by atoms with E-state index in [0.717, 1.165) is 0 Å². The molecule has 0 saturated carbocycles. The normalized spacial score (nSPS) is 2.33. The molecule has 0 aliphatic carbocycles. The zero-order chi connectivity index (χ0) is 3.58. The second-order valence-electron chi connectivity index (χ2n) is 0.204. The van der Waals surface area contributed by atoms with Crippen molar-refractivity contribution < 1.29 is 122 Å². The first-order valence-corrected chi connectivity index (χ1v) is 1.50. The molecule has 0 aromatic rings. The monoisotopic (exact) mass is 288 g/mol. The molecule has 12 nitrogen and oxygen atoms in total. The van der Waals surface area contributed by atoms with Crippen molar-refractivity contribution >= 4 is 11.4 Å². The van der Waals surface area contributed by atoms with Gasteiger partial charge in [0.2, 0.25) is 0 Å². The molecule has 0 fully saturated rings. The van der Waals surface area contributed by atoms with Crippen molar-refractivity contribution in [3.63, 3.8) is 0 Å². The van der Waals surface area contributed by atoms with Crippen molar-refractivity contribution in [1.82, 2.24) is 0 Å². The largest absolute Gasteiger partial charge is 1.00 e. The Balaban J connectivity index is -0.000000000818. The third-order valence-electron chi connectivity index (χ3n) is 0. The summed E-state index contributed by atoms with van der Waals surface area (Å²) in [5, 5.41) is 0. The van der Waals surface area contributed by atoms with Crippen LogP contribution in [0.5, 0.6) is 0 Å². The molecule has 0 saturated heterocycles. The fourth-order valence-electron chi connectivity index (χ4n) is 0. The van der Waals surface area contributed by atoms with Crippen molar-refractivity contribution in [2.45, 2.75) is 0 Å². The van der Waals surface area contributed by atoms with Crippen LogP contribution in [0.3, 0.4) is 0 Å². The second kappa shape index (κ2) is 153. The molecule has 0 unspecified atom stereocenters. The molecule has 0 aromatic carbocycles. The quantitative estimate of drug-likeness (QED) is 0.309. The van der Waals surface area contributed by atoms with Gasteiger partial charge in [-0.1, -0.05) is 0 Å². The van der Waals surface area contributed by atoms with Gasteiger partial charge in [0, 0.05) is 0 Å². The zero-order valence-corrected chi connectivity index (χ0v) is 12.9. The molecule has 98 valence electrons. The average molecular weight is 288 g/mol. The molecule has 0 bridgehead atoms. The molecular weight excluding hydrogens is 270 g/mol. The van der Waals surface area contributed by atoms with Gasteiger partial charge in [-0.25, -0.2) is 0 Å². The van der Waals surface area contributed by atoms with Gasteiger partial charge in [-0.3, -0.25) is 4.21 Å². The number of hydrogen-bond acceptors (Lipinski definition) is 3. The molecule has 0 atom stereocenters. The Hall–Kier alpha value is 1.71. The number of hydrogen-bond donors (Lipinski definition) is 0. The van der Waals surface area contributed by atoms with Crippen molar-refractivity contribution in [2.24, 2.45) is 0 Å². The van der Waals surface area contributed by atoms with Crippen molar-refractivity contribution in [3.8, 4) is 0 Å². The van der Waals surface area contributed by atoms with Crippen molar-refractivity contribution in [3.05, 3.63) is 0 Å². The molecule has 0 rings (SSSR count). The summed E-state index contributed by atoms with van der Waals surface area (Å²) in [5.41, 5.74) is 0. The third kappa shape index (κ3) is 1010. The average Bonchev–Trinajstić information content (AvgIpc) is 0.811.